The Bertz CT molecular complexity index is 544. The van der Waals surface area contributed by atoms with Crippen LogP contribution in [0.2, 0.25) is 0 Å². The molecule has 0 spiro atoms. The van der Waals surface area contributed by atoms with Gasteiger partial charge in [-0.1, -0.05) is 6.42 Å². The summed E-state index contributed by atoms with van der Waals surface area (Å²) in [5, 5.41) is 8.98. The second-order valence-corrected chi connectivity index (χ2v) is 6.42. The molecule has 2 rings (SSSR count). The summed E-state index contributed by atoms with van der Waals surface area (Å²) in [4.78, 5) is 14.8. The third-order valence-electron chi connectivity index (χ3n) is 3.29. The van der Waals surface area contributed by atoms with Crippen molar-refractivity contribution in [2.75, 3.05) is 0 Å². The summed E-state index contributed by atoms with van der Waals surface area (Å²) >= 11 is 0. The molecule has 1 aromatic heterocycles. The zero-order chi connectivity index (χ0) is 13.9. The van der Waals surface area contributed by atoms with Crippen molar-refractivity contribution in [1.82, 2.24) is 9.71 Å². The molecule has 1 fully saturated rings. The Morgan fingerprint density at radius 2 is 2.21 bits per heavy atom. The van der Waals surface area contributed by atoms with Gasteiger partial charge >= 0.3 is 5.97 Å². The minimum absolute atomic E-state index is 0.104. The summed E-state index contributed by atoms with van der Waals surface area (Å²) in [6.07, 6.45) is 5.12. The van der Waals surface area contributed by atoms with Crippen molar-refractivity contribution >= 4 is 16.0 Å². The van der Waals surface area contributed by atoms with Crippen molar-refractivity contribution in [3.63, 3.8) is 0 Å². The maximum atomic E-state index is 12.1. The van der Waals surface area contributed by atoms with Crippen LogP contribution in [0, 0.1) is 5.92 Å². The minimum atomic E-state index is -3.61. The van der Waals surface area contributed by atoms with Gasteiger partial charge in [0, 0.05) is 18.4 Å². The number of nitrogens with one attached hydrogen (secondary N) is 1. The van der Waals surface area contributed by atoms with E-state index in [1.165, 1.54) is 18.5 Å². The van der Waals surface area contributed by atoms with E-state index in [9.17, 15) is 13.2 Å². The Morgan fingerprint density at radius 3 is 2.84 bits per heavy atom. The van der Waals surface area contributed by atoms with Crippen LogP contribution in [-0.2, 0) is 14.8 Å². The number of carbonyl (C=O) groups is 1. The van der Waals surface area contributed by atoms with E-state index < -0.39 is 21.9 Å². The van der Waals surface area contributed by atoms with Crippen LogP contribution in [0.25, 0.3) is 0 Å². The van der Waals surface area contributed by atoms with Crippen LogP contribution in [0.4, 0.5) is 0 Å². The van der Waals surface area contributed by atoms with Crippen molar-refractivity contribution in [2.45, 2.75) is 36.6 Å². The molecular weight excluding hydrogens is 268 g/mol. The number of aromatic nitrogens is 1. The number of carboxylic acids is 1. The van der Waals surface area contributed by atoms with Crippen molar-refractivity contribution < 1.29 is 18.3 Å². The van der Waals surface area contributed by atoms with Crippen LogP contribution in [0.15, 0.2) is 29.4 Å². The monoisotopic (exact) mass is 284 g/mol. The molecule has 104 valence electrons. The fourth-order valence-corrected chi connectivity index (χ4v) is 3.56. The van der Waals surface area contributed by atoms with Gasteiger partial charge in [0.2, 0.25) is 10.0 Å². The molecule has 0 aromatic carbocycles. The molecule has 2 atom stereocenters. The molecule has 1 aliphatic carbocycles. The summed E-state index contributed by atoms with van der Waals surface area (Å²) < 4.78 is 26.7. The van der Waals surface area contributed by atoms with E-state index in [0.29, 0.717) is 19.3 Å². The molecule has 19 heavy (non-hydrogen) atoms. The molecule has 0 saturated heterocycles. The zero-order valence-electron chi connectivity index (χ0n) is 10.3. The molecule has 7 heteroatoms. The smallest absolute Gasteiger partial charge is 0.306 e. The Morgan fingerprint density at radius 1 is 1.42 bits per heavy atom. The number of sulfonamides is 1. The Kier molecular flexibility index (Phi) is 4.16. The summed E-state index contributed by atoms with van der Waals surface area (Å²) in [7, 11) is -3.61. The average molecular weight is 284 g/mol. The molecule has 1 saturated carbocycles. The Balaban J connectivity index is 2.06. The van der Waals surface area contributed by atoms with Crippen molar-refractivity contribution in [3.05, 3.63) is 24.5 Å². The predicted octanol–water partition coefficient (Wildman–Crippen LogP) is 1.00. The molecule has 1 heterocycles. The molecule has 0 radical (unpaired) electrons. The molecule has 2 N–H and O–H groups in total. The Labute approximate surface area is 111 Å². The molecule has 1 aliphatic rings. The maximum Gasteiger partial charge on any atom is 0.306 e. The lowest BCUT2D eigenvalue weighted by atomic mass is 9.86. The molecule has 0 bridgehead atoms. The highest BCUT2D eigenvalue weighted by Gasteiger charge is 2.29. The molecule has 0 amide bonds. The first-order chi connectivity index (χ1) is 8.99. The minimum Gasteiger partial charge on any atom is -0.481 e. The molecule has 0 aliphatic heterocycles. The fourth-order valence-electron chi connectivity index (χ4n) is 2.31. The molecule has 1 aromatic rings. The first kappa shape index (κ1) is 14.0. The van der Waals surface area contributed by atoms with Crippen molar-refractivity contribution in [3.8, 4) is 0 Å². The van der Waals surface area contributed by atoms with Gasteiger partial charge in [-0.05, 0) is 31.4 Å². The summed E-state index contributed by atoms with van der Waals surface area (Å²) in [6, 6.07) is 2.70. The van der Waals surface area contributed by atoms with Gasteiger partial charge in [0.1, 0.15) is 4.90 Å². The van der Waals surface area contributed by atoms with Gasteiger partial charge in [0.15, 0.2) is 0 Å². The highest BCUT2D eigenvalue weighted by molar-refractivity contribution is 7.89. The highest BCUT2D eigenvalue weighted by atomic mass is 32.2. The van der Waals surface area contributed by atoms with Crippen LogP contribution in [-0.4, -0.2) is 30.5 Å². The molecule has 6 nitrogen and oxygen atoms in total. The van der Waals surface area contributed by atoms with Gasteiger partial charge in [-0.15, -0.1) is 0 Å². The van der Waals surface area contributed by atoms with Gasteiger partial charge < -0.3 is 5.11 Å². The Hall–Kier alpha value is -1.47. The average Bonchev–Trinajstić information content (AvgIpc) is 2.39. The van der Waals surface area contributed by atoms with E-state index in [1.807, 2.05) is 0 Å². The van der Waals surface area contributed by atoms with Gasteiger partial charge in [-0.3, -0.25) is 9.78 Å². The number of carboxylic acid groups (broad SMARTS) is 1. The number of hydrogen-bond donors (Lipinski definition) is 2. The van der Waals surface area contributed by atoms with Gasteiger partial charge in [-0.2, -0.15) is 0 Å². The van der Waals surface area contributed by atoms with E-state index in [1.54, 1.807) is 6.07 Å². The largest absolute Gasteiger partial charge is 0.481 e. The SMILES string of the molecule is O=C(O)C1CCCC(NS(=O)(=O)c2cccnc2)C1. The maximum absolute atomic E-state index is 12.1. The van der Waals surface area contributed by atoms with E-state index in [-0.39, 0.29) is 10.9 Å². The lowest BCUT2D eigenvalue weighted by molar-refractivity contribution is -0.143. The van der Waals surface area contributed by atoms with Crippen LogP contribution in [0.3, 0.4) is 0 Å². The first-order valence-corrected chi connectivity index (χ1v) is 7.62. The predicted molar refractivity (Wildman–Crippen MR) is 67.9 cm³/mol. The van der Waals surface area contributed by atoms with Crippen LogP contribution >= 0.6 is 0 Å². The third-order valence-corrected chi connectivity index (χ3v) is 4.80. The number of hydrogen-bond acceptors (Lipinski definition) is 4. The van der Waals surface area contributed by atoms with Gasteiger partial charge in [0.05, 0.1) is 5.92 Å². The van der Waals surface area contributed by atoms with Crippen molar-refractivity contribution in [1.29, 1.82) is 0 Å². The van der Waals surface area contributed by atoms with Crippen LogP contribution in [0.1, 0.15) is 25.7 Å². The van der Waals surface area contributed by atoms with Crippen LogP contribution in [0.5, 0.6) is 0 Å². The molecular formula is C12H16N2O4S. The second kappa shape index (κ2) is 5.66. The normalized spacial score (nSPS) is 24.0. The van der Waals surface area contributed by atoms with E-state index in [0.717, 1.165) is 6.42 Å². The second-order valence-electron chi connectivity index (χ2n) is 4.71. The van der Waals surface area contributed by atoms with E-state index in [4.69, 9.17) is 5.11 Å². The van der Waals surface area contributed by atoms with Gasteiger partial charge in [0.25, 0.3) is 0 Å². The summed E-state index contributed by atoms with van der Waals surface area (Å²) in [5.74, 6) is -1.32. The quantitative estimate of drug-likeness (QED) is 0.860. The fraction of sp³-hybridized carbons (Fsp3) is 0.500. The van der Waals surface area contributed by atoms with Gasteiger partial charge in [-0.25, -0.2) is 13.1 Å². The topological polar surface area (TPSA) is 96.4 Å². The highest BCUT2D eigenvalue weighted by Crippen LogP contribution is 2.25. The molecule has 2 unspecified atom stereocenters. The summed E-state index contributed by atoms with van der Waals surface area (Å²) in [5.41, 5.74) is 0. The number of nitrogens with zero attached hydrogens (tertiary/aromatic N) is 1. The third kappa shape index (κ3) is 3.51. The zero-order valence-corrected chi connectivity index (χ0v) is 11.1. The summed E-state index contributed by atoms with van der Waals surface area (Å²) in [6.45, 7) is 0. The lowest BCUT2D eigenvalue weighted by Crippen LogP contribution is -2.39. The first-order valence-electron chi connectivity index (χ1n) is 6.14. The number of aliphatic carboxylic acids is 1. The van der Waals surface area contributed by atoms with E-state index in [2.05, 4.69) is 9.71 Å². The number of rotatable bonds is 4. The standard InChI is InChI=1S/C12H16N2O4S/c15-12(16)9-3-1-4-10(7-9)14-19(17,18)11-5-2-6-13-8-11/h2,5-6,8-10,14H,1,3-4,7H2,(H,15,16). The number of pyridine rings is 1. The lowest BCUT2D eigenvalue weighted by Gasteiger charge is -2.27. The van der Waals surface area contributed by atoms with Crippen LogP contribution < -0.4 is 4.72 Å². The van der Waals surface area contributed by atoms with E-state index >= 15 is 0 Å². The van der Waals surface area contributed by atoms with Crippen molar-refractivity contribution in [2.24, 2.45) is 5.92 Å².